The Morgan fingerprint density at radius 3 is 1.97 bits per heavy atom. The number of nitrogens with two attached hydrogens (primary N) is 1. The molecule has 0 unspecified atom stereocenters. The predicted molar refractivity (Wildman–Crippen MR) is 138 cm³/mol. The van der Waals surface area contributed by atoms with E-state index in [1.165, 1.54) is 0 Å². The van der Waals surface area contributed by atoms with Crippen LogP contribution < -0.4 is 26.1 Å². The van der Waals surface area contributed by atoms with E-state index >= 15 is 0 Å². The molecule has 0 spiro atoms. The molecule has 0 radical (unpaired) electrons. The number of hydrogen-bond acceptors (Lipinski definition) is 5. The molecule has 1 amide bonds. The van der Waals surface area contributed by atoms with Gasteiger partial charge >= 0.3 is 0 Å². The standard InChI is InChI=1S/C29H27N3O3/c1-21(24-12-14-25(30)15-13-24)31-32-29(33)27-17-16-26(34-19-22-8-4-2-5-9-22)18-28(27)35-20-23-10-6-3-7-11-23/h2-18,31H,1,19-20,30H2,(H,32,33). The minimum atomic E-state index is -0.362. The number of carbonyl (C=O) groups excluding carboxylic acids is 1. The quantitative estimate of drug-likeness (QED) is 0.218. The first-order valence-corrected chi connectivity index (χ1v) is 11.2. The number of anilines is 1. The Hall–Kier alpha value is -4.71. The summed E-state index contributed by atoms with van der Waals surface area (Å²) in [5, 5.41) is 0. The van der Waals surface area contributed by atoms with Crippen molar-refractivity contribution in [2.45, 2.75) is 13.2 Å². The summed E-state index contributed by atoms with van der Waals surface area (Å²) >= 11 is 0. The minimum absolute atomic E-state index is 0.314. The molecule has 0 saturated carbocycles. The molecule has 35 heavy (non-hydrogen) atoms. The van der Waals surface area contributed by atoms with Gasteiger partial charge in [0, 0.05) is 11.8 Å². The number of carbonyl (C=O) groups is 1. The van der Waals surface area contributed by atoms with Crippen LogP contribution in [0, 0.1) is 0 Å². The Bertz CT molecular complexity index is 1270. The first-order valence-electron chi connectivity index (χ1n) is 11.2. The van der Waals surface area contributed by atoms with E-state index in [9.17, 15) is 4.79 Å². The molecular weight excluding hydrogens is 438 g/mol. The molecule has 4 rings (SSSR count). The van der Waals surface area contributed by atoms with Gasteiger partial charge in [0.15, 0.2) is 0 Å². The second kappa shape index (κ2) is 11.4. The summed E-state index contributed by atoms with van der Waals surface area (Å²) in [7, 11) is 0. The Morgan fingerprint density at radius 2 is 1.34 bits per heavy atom. The lowest BCUT2D eigenvalue weighted by molar-refractivity contribution is 0.0938. The molecule has 4 N–H and O–H groups in total. The van der Waals surface area contributed by atoms with Crippen molar-refractivity contribution in [2.24, 2.45) is 0 Å². The van der Waals surface area contributed by atoms with E-state index in [0.717, 1.165) is 16.7 Å². The van der Waals surface area contributed by atoms with Crippen LogP contribution in [0.4, 0.5) is 5.69 Å². The summed E-state index contributed by atoms with van der Waals surface area (Å²) in [6, 6.07) is 32.0. The van der Waals surface area contributed by atoms with Crippen molar-refractivity contribution in [2.75, 3.05) is 5.73 Å². The van der Waals surface area contributed by atoms with Crippen LogP contribution in [0.25, 0.3) is 5.70 Å². The second-order valence-corrected chi connectivity index (χ2v) is 7.89. The highest BCUT2D eigenvalue weighted by atomic mass is 16.5. The number of hydrazine groups is 1. The van der Waals surface area contributed by atoms with E-state index in [1.54, 1.807) is 30.3 Å². The highest BCUT2D eigenvalue weighted by molar-refractivity contribution is 5.97. The van der Waals surface area contributed by atoms with Gasteiger partial charge in [-0.25, -0.2) is 0 Å². The predicted octanol–water partition coefficient (Wildman–Crippen LogP) is 5.33. The highest BCUT2D eigenvalue weighted by Gasteiger charge is 2.15. The number of benzene rings is 4. The molecule has 0 aliphatic heterocycles. The molecule has 6 heteroatoms. The normalized spacial score (nSPS) is 10.3. The first-order chi connectivity index (χ1) is 17.1. The van der Waals surface area contributed by atoms with Crippen molar-refractivity contribution >= 4 is 17.3 Å². The fourth-order valence-corrected chi connectivity index (χ4v) is 3.33. The Balaban J connectivity index is 1.47. The molecule has 0 aliphatic carbocycles. The number of nitrogens with one attached hydrogen (secondary N) is 2. The topological polar surface area (TPSA) is 85.6 Å². The summed E-state index contributed by atoms with van der Waals surface area (Å²) < 4.78 is 12.0. The summed E-state index contributed by atoms with van der Waals surface area (Å²) in [5.41, 5.74) is 15.7. The fourth-order valence-electron chi connectivity index (χ4n) is 3.33. The number of nitrogen functional groups attached to an aromatic ring is 1. The van der Waals surface area contributed by atoms with Gasteiger partial charge in [0.05, 0.1) is 11.3 Å². The van der Waals surface area contributed by atoms with Gasteiger partial charge in [-0.05, 0) is 41.0 Å². The maximum Gasteiger partial charge on any atom is 0.273 e. The lowest BCUT2D eigenvalue weighted by Crippen LogP contribution is -2.36. The molecule has 4 aromatic rings. The van der Waals surface area contributed by atoms with E-state index in [1.807, 2.05) is 72.8 Å². The van der Waals surface area contributed by atoms with Gasteiger partial charge in [0.25, 0.3) is 5.91 Å². The number of rotatable bonds is 10. The number of hydrogen-bond donors (Lipinski definition) is 3. The Kier molecular flexibility index (Phi) is 7.66. The van der Waals surface area contributed by atoms with E-state index in [4.69, 9.17) is 15.2 Å². The number of ether oxygens (including phenoxy) is 2. The summed E-state index contributed by atoms with van der Waals surface area (Å²) in [6.45, 7) is 4.69. The molecule has 176 valence electrons. The van der Waals surface area contributed by atoms with E-state index in [0.29, 0.717) is 41.7 Å². The van der Waals surface area contributed by atoms with Gasteiger partial charge in [-0.2, -0.15) is 0 Å². The molecule has 0 saturated heterocycles. The molecule has 0 aromatic heterocycles. The Morgan fingerprint density at radius 1 is 0.743 bits per heavy atom. The zero-order valence-electron chi connectivity index (χ0n) is 19.2. The van der Waals surface area contributed by atoms with Gasteiger partial charge in [-0.1, -0.05) is 79.4 Å². The van der Waals surface area contributed by atoms with Crippen molar-refractivity contribution in [3.8, 4) is 11.5 Å². The minimum Gasteiger partial charge on any atom is -0.489 e. The van der Waals surface area contributed by atoms with Crippen LogP contribution in [0.3, 0.4) is 0 Å². The van der Waals surface area contributed by atoms with E-state index in [-0.39, 0.29) is 5.91 Å². The highest BCUT2D eigenvalue weighted by Crippen LogP contribution is 2.27. The maximum atomic E-state index is 13.0. The zero-order valence-corrected chi connectivity index (χ0v) is 19.2. The van der Waals surface area contributed by atoms with E-state index in [2.05, 4.69) is 17.4 Å². The van der Waals surface area contributed by atoms with Crippen molar-refractivity contribution in [1.82, 2.24) is 10.9 Å². The third-order valence-corrected chi connectivity index (χ3v) is 5.27. The number of amides is 1. The van der Waals surface area contributed by atoms with Crippen LogP contribution in [0.15, 0.2) is 110 Å². The van der Waals surface area contributed by atoms with Crippen LogP contribution in [-0.4, -0.2) is 5.91 Å². The van der Waals surface area contributed by atoms with Crippen LogP contribution >= 0.6 is 0 Å². The van der Waals surface area contributed by atoms with Gasteiger partial charge in [0.1, 0.15) is 24.7 Å². The second-order valence-electron chi connectivity index (χ2n) is 7.89. The largest absolute Gasteiger partial charge is 0.489 e. The molecule has 6 nitrogen and oxygen atoms in total. The van der Waals surface area contributed by atoms with E-state index < -0.39 is 0 Å². The molecule has 0 atom stereocenters. The van der Waals surface area contributed by atoms with Crippen LogP contribution in [0.2, 0.25) is 0 Å². The van der Waals surface area contributed by atoms with Crippen molar-refractivity contribution < 1.29 is 14.3 Å². The third-order valence-electron chi connectivity index (χ3n) is 5.27. The average molecular weight is 466 g/mol. The molecule has 4 aromatic carbocycles. The molecule has 0 fully saturated rings. The Labute approximate surface area is 205 Å². The van der Waals surface area contributed by atoms with Crippen molar-refractivity contribution in [1.29, 1.82) is 0 Å². The van der Waals surface area contributed by atoms with Crippen LogP contribution in [0.5, 0.6) is 11.5 Å². The average Bonchev–Trinajstić information content (AvgIpc) is 2.91. The fraction of sp³-hybridized carbons (Fsp3) is 0.0690. The molecule has 0 heterocycles. The SMILES string of the molecule is C=C(NNC(=O)c1ccc(OCc2ccccc2)cc1OCc1ccccc1)c1ccc(N)cc1. The van der Waals surface area contributed by atoms with Gasteiger partial charge in [-0.3, -0.25) is 15.6 Å². The van der Waals surface area contributed by atoms with Gasteiger partial charge < -0.3 is 15.2 Å². The molecule has 0 aliphatic rings. The first kappa shape index (κ1) is 23.4. The lowest BCUT2D eigenvalue weighted by Gasteiger charge is -2.16. The van der Waals surface area contributed by atoms with Crippen LogP contribution in [0.1, 0.15) is 27.0 Å². The van der Waals surface area contributed by atoms with Crippen LogP contribution in [-0.2, 0) is 13.2 Å². The maximum absolute atomic E-state index is 13.0. The summed E-state index contributed by atoms with van der Waals surface area (Å²) in [6.07, 6.45) is 0. The van der Waals surface area contributed by atoms with Crippen molar-refractivity contribution in [3.05, 3.63) is 132 Å². The summed E-state index contributed by atoms with van der Waals surface area (Å²) in [4.78, 5) is 13.0. The molecule has 0 bridgehead atoms. The lowest BCUT2D eigenvalue weighted by atomic mass is 10.1. The molecular formula is C29H27N3O3. The monoisotopic (exact) mass is 465 g/mol. The van der Waals surface area contributed by atoms with Gasteiger partial charge in [0.2, 0.25) is 0 Å². The van der Waals surface area contributed by atoms with Gasteiger partial charge in [-0.15, -0.1) is 0 Å². The third kappa shape index (κ3) is 6.65. The van der Waals surface area contributed by atoms with Crippen molar-refractivity contribution in [3.63, 3.8) is 0 Å². The smallest absolute Gasteiger partial charge is 0.273 e. The zero-order chi connectivity index (χ0) is 24.5. The summed E-state index contributed by atoms with van der Waals surface area (Å²) in [5.74, 6) is 0.656.